The van der Waals surface area contributed by atoms with Crippen LogP contribution in [0.2, 0.25) is 0 Å². The molecule has 2 aromatic carbocycles. The summed E-state index contributed by atoms with van der Waals surface area (Å²) in [4.78, 5) is 12.2. The van der Waals surface area contributed by atoms with Crippen LogP contribution in [0.3, 0.4) is 0 Å². The van der Waals surface area contributed by atoms with Gasteiger partial charge >= 0.3 is 0 Å². The molecular weight excluding hydrogens is 267 g/mol. The predicted molar refractivity (Wildman–Crippen MR) is 80.5 cm³/mol. The first kappa shape index (κ1) is 13.6. The third-order valence-corrected chi connectivity index (χ3v) is 3.86. The summed E-state index contributed by atoms with van der Waals surface area (Å²) in [5.41, 5.74) is 8.72. The van der Waals surface area contributed by atoms with Crippen molar-refractivity contribution in [1.82, 2.24) is 5.32 Å². The molecule has 0 fully saturated rings. The Labute approximate surface area is 123 Å². The first-order valence-corrected chi connectivity index (χ1v) is 7.05. The van der Waals surface area contributed by atoms with E-state index in [-0.39, 0.29) is 23.2 Å². The van der Waals surface area contributed by atoms with Gasteiger partial charge in [-0.15, -0.1) is 0 Å². The van der Waals surface area contributed by atoms with Gasteiger partial charge in [-0.05, 0) is 48.6 Å². The number of rotatable bonds is 2. The van der Waals surface area contributed by atoms with Crippen molar-refractivity contribution in [2.45, 2.75) is 25.3 Å². The van der Waals surface area contributed by atoms with Crippen LogP contribution in [-0.2, 0) is 12.8 Å². The fourth-order valence-corrected chi connectivity index (χ4v) is 2.83. The maximum atomic E-state index is 13.3. The van der Waals surface area contributed by atoms with Gasteiger partial charge in [-0.1, -0.05) is 24.3 Å². The van der Waals surface area contributed by atoms with Crippen LogP contribution in [-0.4, -0.2) is 11.9 Å². The third-order valence-electron chi connectivity index (χ3n) is 3.86. The maximum Gasteiger partial charge on any atom is 0.251 e. The summed E-state index contributed by atoms with van der Waals surface area (Å²) in [7, 11) is 0. The summed E-state index contributed by atoms with van der Waals surface area (Å²) in [6.07, 6.45) is 2.66. The van der Waals surface area contributed by atoms with E-state index in [0.717, 1.165) is 19.3 Å². The molecule has 0 spiro atoms. The van der Waals surface area contributed by atoms with Crippen molar-refractivity contribution in [3.63, 3.8) is 0 Å². The van der Waals surface area contributed by atoms with Gasteiger partial charge in [0, 0.05) is 17.3 Å². The zero-order valence-corrected chi connectivity index (χ0v) is 11.6. The molecule has 3 nitrogen and oxygen atoms in total. The van der Waals surface area contributed by atoms with E-state index in [1.54, 1.807) is 0 Å². The van der Waals surface area contributed by atoms with Crippen LogP contribution in [0, 0.1) is 5.82 Å². The lowest BCUT2D eigenvalue weighted by atomic mass is 9.88. The number of benzene rings is 2. The van der Waals surface area contributed by atoms with Crippen LogP contribution in [0.4, 0.5) is 10.1 Å². The number of hydrogen-bond donors (Lipinski definition) is 2. The van der Waals surface area contributed by atoms with Crippen molar-refractivity contribution in [2.24, 2.45) is 0 Å². The van der Waals surface area contributed by atoms with Gasteiger partial charge in [0.2, 0.25) is 0 Å². The Kier molecular flexibility index (Phi) is 3.60. The van der Waals surface area contributed by atoms with Crippen molar-refractivity contribution in [3.05, 3.63) is 65.0 Å². The molecule has 0 aliphatic heterocycles. The second kappa shape index (κ2) is 5.56. The fraction of sp³-hybridized carbons (Fsp3) is 0.235. The molecule has 1 aliphatic carbocycles. The Morgan fingerprint density at radius 1 is 1.19 bits per heavy atom. The Bertz CT molecular complexity index is 664. The molecule has 3 rings (SSSR count). The van der Waals surface area contributed by atoms with Gasteiger partial charge in [-0.3, -0.25) is 4.79 Å². The number of nitrogens with one attached hydrogen (secondary N) is 1. The monoisotopic (exact) mass is 284 g/mol. The smallest absolute Gasteiger partial charge is 0.251 e. The Hall–Kier alpha value is -2.36. The van der Waals surface area contributed by atoms with Crippen LogP contribution in [0.25, 0.3) is 0 Å². The quantitative estimate of drug-likeness (QED) is 0.833. The molecule has 0 aromatic heterocycles. The highest BCUT2D eigenvalue weighted by Gasteiger charge is 2.20. The Morgan fingerprint density at radius 3 is 2.71 bits per heavy atom. The van der Waals surface area contributed by atoms with E-state index in [1.165, 1.54) is 29.3 Å². The molecule has 108 valence electrons. The lowest BCUT2D eigenvalue weighted by molar-refractivity contribution is 0.0933. The lowest BCUT2D eigenvalue weighted by Crippen LogP contribution is -2.38. The normalized spacial score (nSPS) is 17.1. The molecule has 1 atom stereocenters. The van der Waals surface area contributed by atoms with Gasteiger partial charge in [-0.25, -0.2) is 4.39 Å². The van der Waals surface area contributed by atoms with E-state index in [4.69, 9.17) is 5.73 Å². The maximum absolute atomic E-state index is 13.3. The molecule has 0 saturated heterocycles. The summed E-state index contributed by atoms with van der Waals surface area (Å²) < 4.78 is 13.3. The van der Waals surface area contributed by atoms with Crippen molar-refractivity contribution < 1.29 is 9.18 Å². The van der Waals surface area contributed by atoms with Gasteiger partial charge in [0.25, 0.3) is 5.91 Å². The van der Waals surface area contributed by atoms with E-state index in [1.807, 2.05) is 12.1 Å². The minimum Gasteiger partial charge on any atom is -0.399 e. The fourth-order valence-electron chi connectivity index (χ4n) is 2.83. The molecule has 3 N–H and O–H groups in total. The number of anilines is 1. The number of nitrogens with two attached hydrogens (primary N) is 1. The lowest BCUT2D eigenvalue weighted by Gasteiger charge is -2.25. The molecule has 1 aliphatic rings. The highest BCUT2D eigenvalue weighted by Crippen LogP contribution is 2.21. The SMILES string of the molecule is Nc1cc(F)cc(C(=O)NC2CCc3ccccc3C2)c1. The highest BCUT2D eigenvalue weighted by atomic mass is 19.1. The topological polar surface area (TPSA) is 55.1 Å². The van der Waals surface area contributed by atoms with Crippen LogP contribution in [0.5, 0.6) is 0 Å². The Balaban J connectivity index is 1.71. The summed E-state index contributed by atoms with van der Waals surface area (Å²) in [5, 5.41) is 2.97. The van der Waals surface area contributed by atoms with Gasteiger partial charge in [-0.2, -0.15) is 0 Å². The van der Waals surface area contributed by atoms with Crippen LogP contribution in [0.15, 0.2) is 42.5 Å². The van der Waals surface area contributed by atoms with Crippen molar-refractivity contribution in [1.29, 1.82) is 0 Å². The third kappa shape index (κ3) is 3.05. The molecule has 1 amide bonds. The zero-order valence-electron chi connectivity index (χ0n) is 11.6. The molecule has 1 unspecified atom stereocenters. The van der Waals surface area contributed by atoms with Gasteiger partial charge in [0.15, 0.2) is 0 Å². The first-order valence-electron chi connectivity index (χ1n) is 7.05. The summed E-state index contributed by atoms with van der Waals surface area (Å²) in [6, 6.07) is 12.3. The number of aryl methyl sites for hydroxylation is 1. The number of fused-ring (bicyclic) bond motifs is 1. The molecule has 21 heavy (non-hydrogen) atoms. The molecular formula is C17H17FN2O. The van der Waals surface area contributed by atoms with Gasteiger partial charge in [0.05, 0.1) is 0 Å². The average Bonchev–Trinajstić information content (AvgIpc) is 2.46. The van der Waals surface area contributed by atoms with E-state index in [2.05, 4.69) is 17.4 Å². The summed E-state index contributed by atoms with van der Waals surface area (Å²) in [6.45, 7) is 0. The van der Waals surface area contributed by atoms with Crippen molar-refractivity contribution in [3.8, 4) is 0 Å². The van der Waals surface area contributed by atoms with Gasteiger partial charge in [0.1, 0.15) is 5.82 Å². The highest BCUT2D eigenvalue weighted by molar-refractivity contribution is 5.95. The number of carbonyl (C=O) groups excluding carboxylic acids is 1. The van der Waals surface area contributed by atoms with Crippen LogP contribution in [0.1, 0.15) is 27.9 Å². The largest absolute Gasteiger partial charge is 0.399 e. The average molecular weight is 284 g/mol. The molecule has 0 heterocycles. The molecule has 0 saturated carbocycles. The minimum absolute atomic E-state index is 0.0805. The summed E-state index contributed by atoms with van der Waals surface area (Å²) in [5.74, 6) is -0.764. The van der Waals surface area contributed by atoms with Crippen molar-refractivity contribution in [2.75, 3.05) is 5.73 Å². The number of halogens is 1. The van der Waals surface area contributed by atoms with E-state index >= 15 is 0 Å². The molecule has 2 aromatic rings. The van der Waals surface area contributed by atoms with E-state index < -0.39 is 5.82 Å². The van der Waals surface area contributed by atoms with Crippen molar-refractivity contribution >= 4 is 11.6 Å². The summed E-state index contributed by atoms with van der Waals surface area (Å²) >= 11 is 0. The number of hydrogen-bond acceptors (Lipinski definition) is 2. The standard InChI is InChI=1S/C17H17FN2O/c18-14-7-13(8-15(19)10-14)17(21)20-16-6-5-11-3-1-2-4-12(11)9-16/h1-4,7-8,10,16H,5-6,9,19H2,(H,20,21). The molecule has 4 heteroatoms. The molecule has 0 bridgehead atoms. The van der Waals surface area contributed by atoms with E-state index in [0.29, 0.717) is 0 Å². The van der Waals surface area contributed by atoms with E-state index in [9.17, 15) is 9.18 Å². The minimum atomic E-state index is -0.492. The first-order chi connectivity index (χ1) is 10.1. The zero-order chi connectivity index (χ0) is 14.8. The number of amides is 1. The molecule has 0 radical (unpaired) electrons. The van der Waals surface area contributed by atoms with Gasteiger partial charge < -0.3 is 11.1 Å². The number of carbonyl (C=O) groups is 1. The number of nitrogen functional groups attached to an aromatic ring is 1. The second-order valence-corrected chi connectivity index (χ2v) is 5.46. The van der Waals surface area contributed by atoms with Crippen LogP contribution >= 0.6 is 0 Å². The van der Waals surface area contributed by atoms with Crippen LogP contribution < -0.4 is 11.1 Å². The predicted octanol–water partition coefficient (Wildman–Crippen LogP) is 2.70. The second-order valence-electron chi connectivity index (χ2n) is 5.46. The Morgan fingerprint density at radius 2 is 1.95 bits per heavy atom.